The van der Waals surface area contributed by atoms with E-state index in [0.29, 0.717) is 6.42 Å². The minimum Gasteiger partial charge on any atom is -0.480 e. The summed E-state index contributed by atoms with van der Waals surface area (Å²) < 4.78 is 0. The molecule has 0 saturated heterocycles. The highest BCUT2D eigenvalue weighted by Gasteiger charge is 2.08. The lowest BCUT2D eigenvalue weighted by atomic mass is 10.1. The second kappa shape index (κ2) is 5.31. The minimum atomic E-state index is -1.07. The van der Waals surface area contributed by atoms with Crippen LogP contribution in [0.3, 0.4) is 0 Å². The van der Waals surface area contributed by atoms with Gasteiger partial charge in [0.2, 0.25) is 0 Å². The molecule has 0 saturated carbocycles. The van der Waals surface area contributed by atoms with Gasteiger partial charge < -0.3 is 15.9 Å². The first kappa shape index (κ1) is 10.6. The second-order valence-electron chi connectivity index (χ2n) is 2.26. The molecule has 0 fully saturated rings. The summed E-state index contributed by atoms with van der Waals surface area (Å²) in [6, 6.07) is -0.913. The molecule has 0 aliphatic carbocycles. The van der Waals surface area contributed by atoms with Crippen molar-refractivity contribution in [1.29, 1.82) is 0 Å². The summed E-state index contributed by atoms with van der Waals surface area (Å²) >= 11 is 0. The Morgan fingerprint density at radius 1 is 1.42 bits per heavy atom. The molecule has 0 amide bonds. The first-order valence-electron chi connectivity index (χ1n) is 3.42. The third kappa shape index (κ3) is 5.43. The number of allylic oxidation sites excluding steroid dienone is 1. The summed E-state index contributed by atoms with van der Waals surface area (Å²) in [5.41, 5.74) is 5.15. The van der Waals surface area contributed by atoms with E-state index >= 15 is 0 Å². The molecule has 4 N–H and O–H groups in total. The number of carboxylic acid groups (broad SMARTS) is 2. The number of hydrogen-bond acceptors (Lipinski definition) is 3. The monoisotopic (exact) mass is 173 g/mol. The fourth-order valence-electron chi connectivity index (χ4n) is 0.583. The summed E-state index contributed by atoms with van der Waals surface area (Å²) in [4.78, 5) is 20.1. The zero-order chi connectivity index (χ0) is 9.56. The quantitative estimate of drug-likeness (QED) is 0.500. The maximum absolute atomic E-state index is 10.2. The predicted octanol–water partition coefficient (Wildman–Crippen LogP) is -0.181. The summed E-state index contributed by atoms with van der Waals surface area (Å²) in [5, 5.41) is 16.5. The van der Waals surface area contributed by atoms with Gasteiger partial charge in [0.25, 0.3) is 0 Å². The van der Waals surface area contributed by atoms with Gasteiger partial charge in [-0.1, -0.05) is 6.08 Å². The van der Waals surface area contributed by atoms with Gasteiger partial charge in [0.1, 0.15) is 6.04 Å². The molecule has 0 spiro atoms. The number of nitrogens with two attached hydrogens (primary N) is 1. The Kier molecular flexibility index (Phi) is 4.71. The topological polar surface area (TPSA) is 101 Å². The lowest BCUT2D eigenvalue weighted by Gasteiger charge is -2.01. The van der Waals surface area contributed by atoms with Crippen molar-refractivity contribution in [3.63, 3.8) is 0 Å². The fraction of sp³-hybridized carbons (Fsp3) is 0.429. The van der Waals surface area contributed by atoms with E-state index in [1.54, 1.807) is 0 Å². The largest absolute Gasteiger partial charge is 0.480 e. The van der Waals surface area contributed by atoms with Crippen LogP contribution in [0.5, 0.6) is 0 Å². The highest BCUT2D eigenvalue weighted by atomic mass is 16.4. The standard InChI is InChI=1S/C7H11NO4/c8-5(7(11)12)3-1-2-4-6(9)10/h2,4-5H,1,3,8H2,(H,9,10)(H,11,12)/t5-/m0/s1. The molecule has 0 aliphatic rings. The van der Waals surface area contributed by atoms with E-state index in [2.05, 4.69) is 0 Å². The molecule has 0 aromatic heterocycles. The number of rotatable bonds is 5. The SMILES string of the molecule is N[C@@H](CCC=CC(=O)O)C(=O)O. The van der Waals surface area contributed by atoms with E-state index < -0.39 is 18.0 Å². The summed E-state index contributed by atoms with van der Waals surface area (Å²) in [6.07, 6.45) is 2.96. The Morgan fingerprint density at radius 3 is 2.42 bits per heavy atom. The van der Waals surface area contributed by atoms with E-state index in [9.17, 15) is 9.59 Å². The molecule has 0 bridgehead atoms. The lowest BCUT2D eigenvalue weighted by molar-refractivity contribution is -0.138. The van der Waals surface area contributed by atoms with Crippen LogP contribution in [-0.4, -0.2) is 28.2 Å². The Morgan fingerprint density at radius 2 is 2.00 bits per heavy atom. The summed E-state index contributed by atoms with van der Waals surface area (Å²) in [5.74, 6) is -2.11. The Labute approximate surface area is 69.5 Å². The van der Waals surface area contributed by atoms with E-state index in [1.807, 2.05) is 0 Å². The Hall–Kier alpha value is -1.36. The summed E-state index contributed by atoms with van der Waals surface area (Å²) in [6.45, 7) is 0. The predicted molar refractivity (Wildman–Crippen MR) is 41.6 cm³/mol. The van der Waals surface area contributed by atoms with Crippen LogP contribution in [0.25, 0.3) is 0 Å². The van der Waals surface area contributed by atoms with Crippen molar-refractivity contribution < 1.29 is 19.8 Å². The fourth-order valence-corrected chi connectivity index (χ4v) is 0.583. The normalized spacial score (nSPS) is 13.1. The first-order chi connectivity index (χ1) is 5.54. The van der Waals surface area contributed by atoms with Crippen molar-refractivity contribution in [2.24, 2.45) is 5.73 Å². The molecule has 1 atom stereocenters. The minimum absolute atomic E-state index is 0.249. The van der Waals surface area contributed by atoms with Crippen LogP contribution in [0, 0.1) is 0 Å². The van der Waals surface area contributed by atoms with Crippen molar-refractivity contribution in [2.45, 2.75) is 18.9 Å². The molecular weight excluding hydrogens is 162 g/mol. The van der Waals surface area contributed by atoms with Gasteiger partial charge in [0.15, 0.2) is 0 Å². The molecule has 0 rings (SSSR count). The third-order valence-electron chi connectivity index (χ3n) is 1.22. The van der Waals surface area contributed by atoms with E-state index in [1.165, 1.54) is 6.08 Å². The van der Waals surface area contributed by atoms with Crippen molar-refractivity contribution in [3.8, 4) is 0 Å². The van der Waals surface area contributed by atoms with Gasteiger partial charge in [0, 0.05) is 6.08 Å². The summed E-state index contributed by atoms with van der Waals surface area (Å²) in [7, 11) is 0. The van der Waals surface area contributed by atoms with Crippen LogP contribution in [0.1, 0.15) is 12.8 Å². The molecule has 0 radical (unpaired) electrons. The molecule has 0 heterocycles. The average Bonchev–Trinajstić information content (AvgIpc) is 1.97. The van der Waals surface area contributed by atoms with Gasteiger partial charge >= 0.3 is 11.9 Å². The first-order valence-corrected chi connectivity index (χ1v) is 3.42. The lowest BCUT2D eigenvalue weighted by Crippen LogP contribution is -2.29. The third-order valence-corrected chi connectivity index (χ3v) is 1.22. The van der Waals surface area contributed by atoms with Crippen LogP contribution >= 0.6 is 0 Å². The van der Waals surface area contributed by atoms with Crippen LogP contribution in [0.2, 0.25) is 0 Å². The molecule has 0 unspecified atom stereocenters. The zero-order valence-electron chi connectivity index (χ0n) is 6.43. The Balaban J connectivity index is 3.56. The molecule has 5 heteroatoms. The van der Waals surface area contributed by atoms with Gasteiger partial charge in [-0.25, -0.2) is 4.79 Å². The van der Waals surface area contributed by atoms with Crippen LogP contribution in [0.4, 0.5) is 0 Å². The van der Waals surface area contributed by atoms with E-state index in [0.717, 1.165) is 6.08 Å². The molecule has 0 aromatic carbocycles. The van der Waals surface area contributed by atoms with Crippen molar-refractivity contribution in [2.75, 3.05) is 0 Å². The zero-order valence-corrected chi connectivity index (χ0v) is 6.43. The van der Waals surface area contributed by atoms with Gasteiger partial charge in [-0.05, 0) is 12.8 Å². The van der Waals surface area contributed by atoms with Crippen molar-refractivity contribution >= 4 is 11.9 Å². The molecule has 0 aliphatic heterocycles. The van der Waals surface area contributed by atoms with Crippen LogP contribution in [-0.2, 0) is 9.59 Å². The van der Waals surface area contributed by atoms with Gasteiger partial charge in [-0.15, -0.1) is 0 Å². The van der Waals surface area contributed by atoms with Gasteiger partial charge in [-0.2, -0.15) is 0 Å². The van der Waals surface area contributed by atoms with Crippen LogP contribution in [0.15, 0.2) is 12.2 Å². The Bertz CT molecular complexity index is 200. The molecule has 12 heavy (non-hydrogen) atoms. The maximum Gasteiger partial charge on any atom is 0.327 e. The average molecular weight is 173 g/mol. The number of aliphatic carboxylic acids is 2. The molecular formula is C7H11NO4. The molecule has 68 valence electrons. The van der Waals surface area contributed by atoms with Crippen molar-refractivity contribution in [3.05, 3.63) is 12.2 Å². The van der Waals surface area contributed by atoms with Crippen molar-refractivity contribution in [1.82, 2.24) is 0 Å². The molecule has 5 nitrogen and oxygen atoms in total. The molecule has 0 aromatic rings. The maximum atomic E-state index is 10.2. The smallest absolute Gasteiger partial charge is 0.327 e. The number of carboxylic acids is 2. The van der Waals surface area contributed by atoms with Crippen LogP contribution < -0.4 is 5.73 Å². The van der Waals surface area contributed by atoms with Gasteiger partial charge in [0.05, 0.1) is 0 Å². The van der Waals surface area contributed by atoms with Gasteiger partial charge in [-0.3, -0.25) is 4.79 Å². The second-order valence-corrected chi connectivity index (χ2v) is 2.26. The highest BCUT2D eigenvalue weighted by molar-refractivity contribution is 5.79. The number of carbonyl (C=O) groups is 2. The van der Waals surface area contributed by atoms with E-state index in [-0.39, 0.29) is 6.42 Å². The van der Waals surface area contributed by atoms with E-state index in [4.69, 9.17) is 15.9 Å². The highest BCUT2D eigenvalue weighted by Crippen LogP contribution is 1.95. The number of hydrogen-bond donors (Lipinski definition) is 3.